The Morgan fingerprint density at radius 1 is 0.943 bits per heavy atom. The SMILES string of the molecule is CC(CCC(=O)O)C1CCC2C3CC[C@@H]4C[C@H](NC(=O)C(N)CC(=O)O)CC[C@]4(C)C3CC[C@]12C. The summed E-state index contributed by atoms with van der Waals surface area (Å²) in [6, 6.07) is -0.891. The van der Waals surface area contributed by atoms with Gasteiger partial charge < -0.3 is 21.3 Å². The van der Waals surface area contributed by atoms with Gasteiger partial charge in [0.25, 0.3) is 0 Å². The van der Waals surface area contributed by atoms with E-state index in [2.05, 4.69) is 26.1 Å². The Hall–Kier alpha value is -1.63. The van der Waals surface area contributed by atoms with E-state index in [0.29, 0.717) is 28.6 Å². The summed E-state index contributed by atoms with van der Waals surface area (Å²) >= 11 is 0. The fraction of sp³-hybridized carbons (Fsp3) is 0.893. The molecule has 1 amide bonds. The van der Waals surface area contributed by atoms with Crippen LogP contribution in [-0.4, -0.2) is 40.1 Å². The van der Waals surface area contributed by atoms with Gasteiger partial charge in [0.15, 0.2) is 0 Å². The summed E-state index contributed by atoms with van der Waals surface area (Å²) in [5.74, 6) is 1.89. The highest BCUT2D eigenvalue weighted by molar-refractivity contribution is 5.86. The first-order valence-electron chi connectivity index (χ1n) is 13.9. The van der Waals surface area contributed by atoms with E-state index in [1.54, 1.807) is 0 Å². The number of nitrogens with one attached hydrogen (secondary N) is 1. The third kappa shape index (κ3) is 4.99. The van der Waals surface area contributed by atoms with Crippen LogP contribution in [0, 0.1) is 46.3 Å². The van der Waals surface area contributed by atoms with E-state index >= 15 is 0 Å². The lowest BCUT2D eigenvalue weighted by molar-refractivity contribution is -0.140. The second kappa shape index (κ2) is 10.0. The minimum atomic E-state index is -1.04. The number of carbonyl (C=O) groups is 3. The van der Waals surface area contributed by atoms with Crippen LogP contribution < -0.4 is 11.1 Å². The molecule has 4 saturated carbocycles. The normalized spacial score (nSPS) is 42.2. The van der Waals surface area contributed by atoms with Gasteiger partial charge in [0, 0.05) is 12.5 Å². The number of fused-ring (bicyclic) bond motifs is 5. The highest BCUT2D eigenvalue weighted by atomic mass is 16.4. The molecule has 7 nitrogen and oxygen atoms in total. The number of carboxylic acid groups (broad SMARTS) is 2. The Morgan fingerprint density at radius 3 is 2.31 bits per heavy atom. The molecule has 4 aliphatic carbocycles. The van der Waals surface area contributed by atoms with Gasteiger partial charge in [0.05, 0.1) is 12.5 Å². The number of amides is 1. The highest BCUT2D eigenvalue weighted by Gasteiger charge is 2.60. The van der Waals surface area contributed by atoms with Crippen molar-refractivity contribution >= 4 is 17.8 Å². The van der Waals surface area contributed by atoms with Crippen molar-refractivity contribution in [3.63, 3.8) is 0 Å². The first-order valence-corrected chi connectivity index (χ1v) is 13.9. The van der Waals surface area contributed by atoms with Crippen LogP contribution in [0.1, 0.15) is 97.8 Å². The lowest BCUT2D eigenvalue weighted by Crippen LogP contribution is -2.56. The van der Waals surface area contributed by atoms with Gasteiger partial charge in [-0.05, 0) is 111 Å². The number of nitrogens with two attached hydrogens (primary N) is 1. The molecule has 0 aromatic carbocycles. The average molecular weight is 491 g/mol. The van der Waals surface area contributed by atoms with Crippen molar-refractivity contribution in [2.24, 2.45) is 52.1 Å². The van der Waals surface area contributed by atoms with Crippen LogP contribution >= 0.6 is 0 Å². The summed E-state index contributed by atoms with van der Waals surface area (Å²) in [7, 11) is 0. The van der Waals surface area contributed by atoms with Gasteiger partial charge in [-0.25, -0.2) is 0 Å². The Kier molecular flexibility index (Phi) is 7.57. The predicted molar refractivity (Wildman–Crippen MR) is 133 cm³/mol. The predicted octanol–water partition coefficient (Wildman–Crippen LogP) is 4.43. The summed E-state index contributed by atoms with van der Waals surface area (Å²) in [5.41, 5.74) is 6.43. The second-order valence-corrected chi connectivity index (χ2v) is 13.0. The van der Waals surface area contributed by atoms with Crippen LogP contribution in [0.4, 0.5) is 0 Å². The number of hydrogen-bond donors (Lipinski definition) is 4. The van der Waals surface area contributed by atoms with E-state index in [1.807, 2.05) is 0 Å². The monoisotopic (exact) mass is 490 g/mol. The Balaban J connectivity index is 1.40. The van der Waals surface area contributed by atoms with E-state index in [1.165, 1.54) is 38.5 Å². The zero-order chi connectivity index (χ0) is 25.5. The number of carboxylic acids is 2. The minimum absolute atomic E-state index is 0.0942. The number of aliphatic carboxylic acids is 2. The van der Waals surface area contributed by atoms with Gasteiger partial charge in [-0.1, -0.05) is 20.8 Å². The van der Waals surface area contributed by atoms with Gasteiger partial charge in [-0.2, -0.15) is 0 Å². The molecule has 4 rings (SSSR count). The molecule has 10 atom stereocenters. The van der Waals surface area contributed by atoms with Gasteiger partial charge in [0.2, 0.25) is 5.91 Å². The van der Waals surface area contributed by atoms with Crippen molar-refractivity contribution in [2.45, 2.75) is 110 Å². The fourth-order valence-corrected chi connectivity index (χ4v) is 9.51. The second-order valence-electron chi connectivity index (χ2n) is 13.0. The van der Waals surface area contributed by atoms with Crippen molar-refractivity contribution in [2.75, 3.05) is 0 Å². The molecule has 0 radical (unpaired) electrons. The van der Waals surface area contributed by atoms with Gasteiger partial charge in [-0.3, -0.25) is 14.4 Å². The van der Waals surface area contributed by atoms with Crippen LogP contribution in [0.25, 0.3) is 0 Å². The zero-order valence-electron chi connectivity index (χ0n) is 21.8. The summed E-state index contributed by atoms with van der Waals surface area (Å²) in [6.45, 7) is 7.31. The molecule has 6 unspecified atom stereocenters. The Bertz CT molecular complexity index is 832. The van der Waals surface area contributed by atoms with Crippen molar-refractivity contribution in [1.82, 2.24) is 5.32 Å². The highest BCUT2D eigenvalue weighted by Crippen LogP contribution is 2.68. The molecule has 198 valence electrons. The summed E-state index contributed by atoms with van der Waals surface area (Å²) in [5, 5.41) is 21.2. The molecular weight excluding hydrogens is 444 g/mol. The summed E-state index contributed by atoms with van der Waals surface area (Å²) in [6.07, 6.45) is 11.3. The first-order chi connectivity index (χ1) is 16.5. The first kappa shape index (κ1) is 26.4. The van der Waals surface area contributed by atoms with Crippen LogP contribution in [0.5, 0.6) is 0 Å². The van der Waals surface area contributed by atoms with Gasteiger partial charge >= 0.3 is 11.9 Å². The van der Waals surface area contributed by atoms with E-state index < -0.39 is 18.0 Å². The Labute approximate surface area is 210 Å². The maximum atomic E-state index is 12.4. The molecule has 0 spiro atoms. The van der Waals surface area contributed by atoms with Gasteiger partial charge in [0.1, 0.15) is 0 Å². The van der Waals surface area contributed by atoms with Crippen molar-refractivity contribution in [1.29, 1.82) is 0 Å². The smallest absolute Gasteiger partial charge is 0.305 e. The van der Waals surface area contributed by atoms with Crippen LogP contribution in [-0.2, 0) is 14.4 Å². The molecule has 0 aromatic heterocycles. The van der Waals surface area contributed by atoms with E-state index in [9.17, 15) is 19.5 Å². The van der Waals surface area contributed by atoms with Crippen molar-refractivity contribution in [3.8, 4) is 0 Å². The number of carbonyl (C=O) groups excluding carboxylic acids is 1. The van der Waals surface area contributed by atoms with Crippen molar-refractivity contribution < 1.29 is 24.6 Å². The topological polar surface area (TPSA) is 130 Å². The number of rotatable bonds is 8. The molecule has 0 bridgehead atoms. The third-order valence-corrected chi connectivity index (χ3v) is 11.3. The largest absolute Gasteiger partial charge is 0.481 e. The van der Waals surface area contributed by atoms with Crippen LogP contribution in [0.2, 0.25) is 0 Å². The molecular formula is C28H46N2O5. The van der Waals surface area contributed by atoms with Crippen molar-refractivity contribution in [3.05, 3.63) is 0 Å². The fourth-order valence-electron chi connectivity index (χ4n) is 9.51. The third-order valence-electron chi connectivity index (χ3n) is 11.3. The van der Waals surface area contributed by atoms with E-state index in [0.717, 1.165) is 43.4 Å². The lowest BCUT2D eigenvalue weighted by Gasteiger charge is -2.61. The van der Waals surface area contributed by atoms with Crippen LogP contribution in [0.3, 0.4) is 0 Å². The molecule has 0 aliphatic heterocycles. The van der Waals surface area contributed by atoms with Crippen LogP contribution in [0.15, 0.2) is 0 Å². The van der Waals surface area contributed by atoms with E-state index in [4.69, 9.17) is 10.8 Å². The quantitative estimate of drug-likeness (QED) is 0.398. The van der Waals surface area contributed by atoms with E-state index in [-0.39, 0.29) is 24.8 Å². The molecule has 7 heteroatoms. The maximum absolute atomic E-state index is 12.4. The average Bonchev–Trinajstić information content (AvgIpc) is 3.14. The Morgan fingerprint density at radius 2 is 1.63 bits per heavy atom. The van der Waals surface area contributed by atoms with Gasteiger partial charge in [-0.15, -0.1) is 0 Å². The minimum Gasteiger partial charge on any atom is -0.481 e. The zero-order valence-corrected chi connectivity index (χ0v) is 21.8. The number of hydrogen-bond acceptors (Lipinski definition) is 4. The lowest BCUT2D eigenvalue weighted by atomic mass is 9.44. The molecule has 0 heterocycles. The summed E-state index contributed by atoms with van der Waals surface area (Å²) < 4.78 is 0. The molecule has 4 aliphatic rings. The molecule has 0 aromatic rings. The molecule has 0 saturated heterocycles. The standard InChI is InChI=1S/C28H46N2O5/c1-16(4-9-24(31)32)20-7-8-21-19-6-5-17-14-18(30-26(35)23(29)15-25(33)34)10-12-27(17,2)22(19)11-13-28(20,21)3/h16-23H,4-15,29H2,1-3H3,(H,30,35)(H,31,32)(H,33,34)/t16?,17-,18-,19?,20?,21?,22?,23?,27+,28-/m1/s1. The maximum Gasteiger partial charge on any atom is 0.305 e. The summed E-state index contributed by atoms with van der Waals surface area (Å²) in [4.78, 5) is 34.5. The molecule has 5 N–H and O–H groups in total. The molecule has 4 fully saturated rings. The molecule has 35 heavy (non-hydrogen) atoms.